The van der Waals surface area contributed by atoms with Gasteiger partial charge in [-0.25, -0.2) is 4.79 Å². The Balaban J connectivity index is 2.20. The number of methoxy groups -OCH3 is 1. The zero-order chi connectivity index (χ0) is 14.5. The lowest BCUT2D eigenvalue weighted by atomic mass is 10.1. The summed E-state index contributed by atoms with van der Waals surface area (Å²) in [5, 5.41) is 0. The predicted octanol–water partition coefficient (Wildman–Crippen LogP) is 2.54. The smallest absolute Gasteiger partial charge is 0.413 e. The zero-order valence-corrected chi connectivity index (χ0v) is 12.8. The minimum absolute atomic E-state index is 0.0673. The molecule has 1 heterocycles. The monoisotopic (exact) mass is 271 g/mol. The normalized spacial score (nSPS) is 28.3. The van der Waals surface area contributed by atoms with E-state index in [1.807, 2.05) is 34.6 Å². The van der Waals surface area contributed by atoms with Crippen molar-refractivity contribution in [1.29, 1.82) is 0 Å². The Morgan fingerprint density at radius 3 is 2.32 bits per heavy atom. The van der Waals surface area contributed by atoms with Crippen LogP contribution in [0.25, 0.3) is 0 Å². The van der Waals surface area contributed by atoms with E-state index in [0.717, 1.165) is 12.8 Å². The van der Waals surface area contributed by atoms with Crippen molar-refractivity contribution in [3.63, 3.8) is 0 Å². The van der Waals surface area contributed by atoms with Gasteiger partial charge in [0.25, 0.3) is 0 Å². The molecular formula is C14H25NO4. The van der Waals surface area contributed by atoms with Crippen LogP contribution >= 0.6 is 0 Å². The zero-order valence-electron chi connectivity index (χ0n) is 12.8. The summed E-state index contributed by atoms with van der Waals surface area (Å²) in [6.45, 7) is 9.89. The molecule has 0 bridgehead atoms. The second-order valence-electron chi connectivity index (χ2n) is 6.89. The Bertz CT molecular complexity index is 368. The minimum Gasteiger partial charge on any atom is -0.444 e. The molecule has 1 saturated carbocycles. The van der Waals surface area contributed by atoms with E-state index in [1.54, 1.807) is 12.0 Å². The van der Waals surface area contributed by atoms with Crippen LogP contribution in [0.1, 0.15) is 47.5 Å². The summed E-state index contributed by atoms with van der Waals surface area (Å²) >= 11 is 0. The largest absolute Gasteiger partial charge is 0.444 e. The van der Waals surface area contributed by atoms with Gasteiger partial charge in [0.05, 0.1) is 18.2 Å². The van der Waals surface area contributed by atoms with Crippen molar-refractivity contribution in [3.05, 3.63) is 0 Å². The molecule has 1 aliphatic carbocycles. The van der Waals surface area contributed by atoms with Crippen LogP contribution in [-0.4, -0.2) is 47.7 Å². The molecule has 1 saturated heterocycles. The van der Waals surface area contributed by atoms with Crippen LogP contribution in [-0.2, 0) is 14.2 Å². The highest BCUT2D eigenvalue weighted by Crippen LogP contribution is 2.48. The first-order valence-electron chi connectivity index (χ1n) is 6.83. The Hall–Kier alpha value is -0.810. The van der Waals surface area contributed by atoms with E-state index in [2.05, 4.69) is 0 Å². The summed E-state index contributed by atoms with van der Waals surface area (Å²) < 4.78 is 16.9. The summed E-state index contributed by atoms with van der Waals surface area (Å²) in [5.74, 6) is 0. The number of ether oxygens (including phenoxy) is 3. The highest BCUT2D eigenvalue weighted by atomic mass is 16.6. The highest BCUT2D eigenvalue weighted by Gasteiger charge is 2.60. The van der Waals surface area contributed by atoms with E-state index in [0.29, 0.717) is 6.61 Å². The van der Waals surface area contributed by atoms with Gasteiger partial charge in [0.2, 0.25) is 0 Å². The number of hydrogen-bond acceptors (Lipinski definition) is 4. The number of carbonyl (C=O) groups is 1. The van der Waals surface area contributed by atoms with Crippen LogP contribution in [0, 0.1) is 0 Å². The molecule has 2 fully saturated rings. The van der Waals surface area contributed by atoms with Gasteiger partial charge in [-0.3, -0.25) is 4.90 Å². The van der Waals surface area contributed by atoms with Crippen LogP contribution in [0.4, 0.5) is 4.79 Å². The SMILES string of the molecule is COC1([C@H]2COC(C)(C)N2C(=O)OC(C)(C)C)CC1. The highest BCUT2D eigenvalue weighted by molar-refractivity contribution is 5.70. The molecule has 19 heavy (non-hydrogen) atoms. The number of carbonyl (C=O) groups excluding carboxylic acids is 1. The average Bonchev–Trinajstić information content (AvgIpc) is 2.95. The first kappa shape index (κ1) is 14.6. The van der Waals surface area contributed by atoms with Gasteiger partial charge in [-0.15, -0.1) is 0 Å². The standard InChI is InChI=1S/C14H25NO4/c1-12(2,3)19-11(16)15-10(9-18-13(15,4)5)14(17-6)7-8-14/h10H,7-9H2,1-6H3/t10-/m1/s1. The van der Waals surface area contributed by atoms with Gasteiger partial charge in [0.1, 0.15) is 11.3 Å². The fourth-order valence-electron chi connectivity index (χ4n) is 2.64. The van der Waals surface area contributed by atoms with Crippen molar-refractivity contribution in [2.75, 3.05) is 13.7 Å². The quantitative estimate of drug-likeness (QED) is 0.774. The summed E-state index contributed by atoms with van der Waals surface area (Å²) in [6.07, 6.45) is 1.60. The molecule has 0 aromatic heterocycles. The Kier molecular flexibility index (Phi) is 3.34. The Morgan fingerprint density at radius 1 is 1.32 bits per heavy atom. The third-order valence-corrected chi connectivity index (χ3v) is 3.83. The molecule has 1 atom stereocenters. The maximum Gasteiger partial charge on any atom is 0.413 e. The van der Waals surface area contributed by atoms with Crippen LogP contribution in [0.2, 0.25) is 0 Å². The molecule has 5 heteroatoms. The van der Waals surface area contributed by atoms with Crippen LogP contribution in [0.5, 0.6) is 0 Å². The lowest BCUT2D eigenvalue weighted by Crippen LogP contribution is -2.54. The molecule has 0 radical (unpaired) electrons. The van der Waals surface area contributed by atoms with Crippen molar-refractivity contribution < 1.29 is 19.0 Å². The number of nitrogens with zero attached hydrogens (tertiary/aromatic N) is 1. The predicted molar refractivity (Wildman–Crippen MR) is 70.9 cm³/mol. The number of hydrogen-bond donors (Lipinski definition) is 0. The molecule has 1 aliphatic heterocycles. The molecule has 0 aromatic rings. The maximum absolute atomic E-state index is 12.4. The molecular weight excluding hydrogens is 246 g/mol. The third kappa shape index (κ3) is 2.72. The summed E-state index contributed by atoms with van der Waals surface area (Å²) in [7, 11) is 1.70. The lowest BCUT2D eigenvalue weighted by Gasteiger charge is -2.37. The lowest BCUT2D eigenvalue weighted by molar-refractivity contribution is -0.0724. The van der Waals surface area contributed by atoms with Crippen molar-refractivity contribution in [1.82, 2.24) is 4.90 Å². The summed E-state index contributed by atoms with van der Waals surface area (Å²) in [4.78, 5) is 14.1. The maximum atomic E-state index is 12.4. The summed E-state index contributed by atoms with van der Waals surface area (Å²) in [5.41, 5.74) is -1.41. The third-order valence-electron chi connectivity index (χ3n) is 3.83. The van der Waals surface area contributed by atoms with Crippen molar-refractivity contribution >= 4 is 6.09 Å². The van der Waals surface area contributed by atoms with E-state index in [-0.39, 0.29) is 17.7 Å². The topological polar surface area (TPSA) is 48.0 Å². The first-order chi connectivity index (χ1) is 8.61. The Labute approximate surface area is 115 Å². The van der Waals surface area contributed by atoms with Gasteiger partial charge < -0.3 is 14.2 Å². The second kappa shape index (κ2) is 4.35. The molecule has 2 rings (SSSR count). The molecule has 5 nitrogen and oxygen atoms in total. The van der Waals surface area contributed by atoms with Crippen molar-refractivity contribution in [2.45, 2.75) is 70.4 Å². The van der Waals surface area contributed by atoms with Crippen LogP contribution < -0.4 is 0 Å². The van der Waals surface area contributed by atoms with Gasteiger partial charge >= 0.3 is 6.09 Å². The average molecular weight is 271 g/mol. The van der Waals surface area contributed by atoms with E-state index in [1.165, 1.54) is 0 Å². The van der Waals surface area contributed by atoms with E-state index in [9.17, 15) is 4.79 Å². The molecule has 110 valence electrons. The first-order valence-corrected chi connectivity index (χ1v) is 6.83. The number of amides is 1. The van der Waals surface area contributed by atoms with E-state index >= 15 is 0 Å². The molecule has 2 aliphatic rings. The van der Waals surface area contributed by atoms with E-state index < -0.39 is 11.3 Å². The van der Waals surface area contributed by atoms with Gasteiger partial charge in [-0.2, -0.15) is 0 Å². The molecule has 0 aromatic carbocycles. The number of rotatable bonds is 2. The summed E-state index contributed by atoms with van der Waals surface area (Å²) in [6, 6.07) is -0.0673. The van der Waals surface area contributed by atoms with Gasteiger partial charge in [-0.1, -0.05) is 0 Å². The van der Waals surface area contributed by atoms with Crippen LogP contribution in [0.15, 0.2) is 0 Å². The molecule has 0 unspecified atom stereocenters. The van der Waals surface area contributed by atoms with Crippen molar-refractivity contribution in [3.8, 4) is 0 Å². The fourth-order valence-corrected chi connectivity index (χ4v) is 2.64. The van der Waals surface area contributed by atoms with Gasteiger partial charge in [-0.05, 0) is 47.5 Å². The van der Waals surface area contributed by atoms with Crippen LogP contribution in [0.3, 0.4) is 0 Å². The fraction of sp³-hybridized carbons (Fsp3) is 0.929. The molecule has 0 N–H and O–H groups in total. The van der Waals surface area contributed by atoms with E-state index in [4.69, 9.17) is 14.2 Å². The molecule has 0 spiro atoms. The molecule has 1 amide bonds. The van der Waals surface area contributed by atoms with Gasteiger partial charge in [0.15, 0.2) is 0 Å². The van der Waals surface area contributed by atoms with Crippen molar-refractivity contribution in [2.24, 2.45) is 0 Å². The van der Waals surface area contributed by atoms with Gasteiger partial charge in [0, 0.05) is 7.11 Å². The minimum atomic E-state index is -0.652. The Morgan fingerprint density at radius 2 is 1.89 bits per heavy atom. The second-order valence-corrected chi connectivity index (χ2v) is 6.89.